The zero-order valence-corrected chi connectivity index (χ0v) is 14.6. The molecule has 0 aliphatic carbocycles. The molecule has 0 aromatic heterocycles. The van der Waals surface area contributed by atoms with Crippen LogP contribution in [0.5, 0.6) is 11.5 Å². The largest absolute Gasteiger partial charge is 0.454 e. The average molecular weight is 346 g/mol. The Morgan fingerprint density at radius 2 is 2.04 bits per heavy atom. The van der Waals surface area contributed by atoms with Crippen LogP contribution in [0.15, 0.2) is 30.3 Å². The molecule has 0 atom stereocenters. The van der Waals surface area contributed by atoms with E-state index in [1.165, 1.54) is 16.7 Å². The van der Waals surface area contributed by atoms with Crippen LogP contribution in [0.1, 0.15) is 33.5 Å². The quantitative estimate of drug-likeness (QED) is 0.832. The average Bonchev–Trinajstić information content (AvgIpc) is 3.02. The molecule has 1 heterocycles. The van der Waals surface area contributed by atoms with Crippen LogP contribution in [0.4, 0.5) is 0 Å². The van der Waals surface area contributed by atoms with Gasteiger partial charge in [-0.2, -0.15) is 0 Å². The normalized spacial score (nSPS) is 12.3. The predicted octanol–water partition coefficient (Wildman–Crippen LogP) is 4.05. The number of aryl methyl sites for hydroxylation is 3. The van der Waals surface area contributed by atoms with Crippen molar-refractivity contribution in [3.63, 3.8) is 0 Å². The fraction of sp³-hybridized carbons (Fsp3) is 0.316. The number of carbonyl (C=O) groups is 1. The number of hydrogen-bond acceptors (Lipinski definition) is 3. The molecule has 1 aliphatic heterocycles. The summed E-state index contributed by atoms with van der Waals surface area (Å²) >= 11 is 6.11. The van der Waals surface area contributed by atoms with E-state index in [4.69, 9.17) is 21.1 Å². The summed E-state index contributed by atoms with van der Waals surface area (Å²) in [6, 6.07) is 9.73. The molecule has 0 bridgehead atoms. The topological polar surface area (TPSA) is 47.6 Å². The fourth-order valence-corrected chi connectivity index (χ4v) is 3.07. The van der Waals surface area contributed by atoms with Crippen molar-refractivity contribution in [2.24, 2.45) is 0 Å². The van der Waals surface area contributed by atoms with E-state index in [0.717, 1.165) is 12.8 Å². The summed E-state index contributed by atoms with van der Waals surface area (Å²) in [5.41, 5.74) is 4.37. The van der Waals surface area contributed by atoms with E-state index in [1.54, 1.807) is 12.1 Å². The van der Waals surface area contributed by atoms with Gasteiger partial charge in [-0.3, -0.25) is 4.79 Å². The molecule has 0 saturated heterocycles. The molecule has 2 aromatic rings. The molecule has 0 fully saturated rings. The van der Waals surface area contributed by atoms with Crippen LogP contribution in [0.25, 0.3) is 0 Å². The molecule has 0 radical (unpaired) electrons. The van der Waals surface area contributed by atoms with Gasteiger partial charge in [0, 0.05) is 12.1 Å². The highest BCUT2D eigenvalue weighted by Crippen LogP contribution is 2.39. The van der Waals surface area contributed by atoms with Crippen molar-refractivity contribution < 1.29 is 14.3 Å². The van der Waals surface area contributed by atoms with Gasteiger partial charge in [0.2, 0.25) is 6.79 Å². The second-order valence-corrected chi connectivity index (χ2v) is 6.39. The lowest BCUT2D eigenvalue weighted by Gasteiger charge is -2.09. The molecule has 5 heteroatoms. The summed E-state index contributed by atoms with van der Waals surface area (Å²) in [4.78, 5) is 12.3. The monoisotopic (exact) mass is 345 g/mol. The van der Waals surface area contributed by atoms with Gasteiger partial charge >= 0.3 is 0 Å². The summed E-state index contributed by atoms with van der Waals surface area (Å²) in [6.45, 7) is 4.96. The van der Waals surface area contributed by atoms with Crippen LogP contribution in [0, 0.1) is 13.8 Å². The van der Waals surface area contributed by atoms with Gasteiger partial charge in [0.05, 0.1) is 5.02 Å². The summed E-state index contributed by atoms with van der Waals surface area (Å²) < 4.78 is 10.5. The van der Waals surface area contributed by atoms with Crippen molar-refractivity contribution in [1.29, 1.82) is 0 Å². The lowest BCUT2D eigenvalue weighted by Crippen LogP contribution is -2.24. The zero-order valence-electron chi connectivity index (χ0n) is 13.8. The molecule has 3 rings (SSSR count). The zero-order chi connectivity index (χ0) is 17.1. The maximum absolute atomic E-state index is 12.3. The summed E-state index contributed by atoms with van der Waals surface area (Å²) in [5, 5.41) is 3.32. The number of ether oxygens (including phenoxy) is 2. The van der Waals surface area contributed by atoms with Crippen LogP contribution in [-0.2, 0) is 6.42 Å². The first-order valence-corrected chi connectivity index (χ1v) is 8.36. The molecule has 126 valence electrons. The summed E-state index contributed by atoms with van der Waals surface area (Å²) in [7, 11) is 0. The Labute approximate surface area is 146 Å². The third kappa shape index (κ3) is 3.65. The Kier molecular flexibility index (Phi) is 4.95. The van der Waals surface area contributed by atoms with E-state index in [0.29, 0.717) is 28.6 Å². The standard InChI is InChI=1S/C19H20ClNO3/c1-12-5-6-14(13(2)8-12)4-3-7-21-19(22)15-9-16(20)18-17(10-15)23-11-24-18/h5-6,8-10H,3-4,7,11H2,1-2H3,(H,21,22). The highest BCUT2D eigenvalue weighted by atomic mass is 35.5. The summed E-state index contributed by atoms with van der Waals surface area (Å²) in [5.74, 6) is 0.863. The molecular weight excluding hydrogens is 326 g/mol. The molecule has 24 heavy (non-hydrogen) atoms. The number of hydrogen-bond donors (Lipinski definition) is 1. The van der Waals surface area contributed by atoms with E-state index < -0.39 is 0 Å². The van der Waals surface area contributed by atoms with E-state index in [1.807, 2.05) is 0 Å². The third-order valence-electron chi connectivity index (χ3n) is 4.10. The van der Waals surface area contributed by atoms with Crippen molar-refractivity contribution in [3.8, 4) is 11.5 Å². The SMILES string of the molecule is Cc1ccc(CCCNC(=O)c2cc(Cl)c3c(c2)OCO3)c(C)c1. The van der Waals surface area contributed by atoms with Gasteiger partial charge in [-0.15, -0.1) is 0 Å². The lowest BCUT2D eigenvalue weighted by atomic mass is 10.0. The van der Waals surface area contributed by atoms with Gasteiger partial charge in [-0.1, -0.05) is 35.4 Å². The Bertz CT molecular complexity index is 773. The van der Waals surface area contributed by atoms with Crippen LogP contribution in [-0.4, -0.2) is 19.2 Å². The third-order valence-corrected chi connectivity index (χ3v) is 4.38. The smallest absolute Gasteiger partial charge is 0.251 e. The molecule has 0 saturated carbocycles. The minimum Gasteiger partial charge on any atom is -0.454 e. The van der Waals surface area contributed by atoms with Gasteiger partial charge in [-0.05, 0) is 49.9 Å². The van der Waals surface area contributed by atoms with Crippen molar-refractivity contribution in [2.75, 3.05) is 13.3 Å². The second-order valence-electron chi connectivity index (χ2n) is 5.98. The van der Waals surface area contributed by atoms with E-state index in [9.17, 15) is 4.79 Å². The van der Waals surface area contributed by atoms with Crippen LogP contribution >= 0.6 is 11.6 Å². The van der Waals surface area contributed by atoms with Crippen LogP contribution in [0.2, 0.25) is 5.02 Å². The predicted molar refractivity (Wildman–Crippen MR) is 94.1 cm³/mol. The van der Waals surface area contributed by atoms with E-state index in [2.05, 4.69) is 37.4 Å². The van der Waals surface area contributed by atoms with Gasteiger partial charge in [-0.25, -0.2) is 0 Å². The van der Waals surface area contributed by atoms with Crippen molar-refractivity contribution in [1.82, 2.24) is 5.32 Å². The van der Waals surface area contributed by atoms with Crippen molar-refractivity contribution in [3.05, 3.63) is 57.6 Å². The molecular formula is C19H20ClNO3. The first-order chi connectivity index (χ1) is 11.5. The second kappa shape index (κ2) is 7.14. The van der Waals surface area contributed by atoms with Gasteiger partial charge in [0.25, 0.3) is 5.91 Å². The van der Waals surface area contributed by atoms with Crippen LogP contribution < -0.4 is 14.8 Å². The van der Waals surface area contributed by atoms with Crippen molar-refractivity contribution >= 4 is 17.5 Å². The summed E-state index contributed by atoms with van der Waals surface area (Å²) in [6.07, 6.45) is 1.82. The number of amides is 1. The number of halogens is 1. The molecule has 1 N–H and O–H groups in total. The molecule has 2 aromatic carbocycles. The Hall–Kier alpha value is -2.20. The minimum atomic E-state index is -0.157. The number of nitrogens with one attached hydrogen (secondary N) is 1. The fourth-order valence-electron chi connectivity index (χ4n) is 2.81. The highest BCUT2D eigenvalue weighted by Gasteiger charge is 2.20. The molecule has 0 spiro atoms. The maximum Gasteiger partial charge on any atom is 0.251 e. The molecule has 1 aliphatic rings. The Morgan fingerprint density at radius 1 is 1.21 bits per heavy atom. The number of carbonyl (C=O) groups excluding carboxylic acids is 1. The maximum atomic E-state index is 12.3. The highest BCUT2D eigenvalue weighted by molar-refractivity contribution is 6.32. The Balaban J connectivity index is 1.54. The number of rotatable bonds is 5. The van der Waals surface area contributed by atoms with E-state index >= 15 is 0 Å². The van der Waals surface area contributed by atoms with Crippen molar-refractivity contribution in [2.45, 2.75) is 26.7 Å². The number of benzene rings is 2. The molecule has 1 amide bonds. The van der Waals surface area contributed by atoms with Gasteiger partial charge in [0.15, 0.2) is 11.5 Å². The van der Waals surface area contributed by atoms with E-state index in [-0.39, 0.29) is 12.7 Å². The minimum absolute atomic E-state index is 0.135. The lowest BCUT2D eigenvalue weighted by molar-refractivity contribution is 0.0952. The van der Waals surface area contributed by atoms with Gasteiger partial charge in [0.1, 0.15) is 0 Å². The first-order valence-electron chi connectivity index (χ1n) is 7.98. The van der Waals surface area contributed by atoms with Gasteiger partial charge < -0.3 is 14.8 Å². The van der Waals surface area contributed by atoms with Crippen LogP contribution in [0.3, 0.4) is 0 Å². The molecule has 4 nitrogen and oxygen atoms in total. The first kappa shape index (κ1) is 16.7. The molecule has 0 unspecified atom stereocenters. The Morgan fingerprint density at radius 3 is 2.83 bits per heavy atom. The number of fused-ring (bicyclic) bond motifs is 1.